The molecule has 98 valence electrons. The summed E-state index contributed by atoms with van der Waals surface area (Å²) in [6.45, 7) is 1.91. The highest BCUT2D eigenvalue weighted by Gasteiger charge is 2.13. The van der Waals surface area contributed by atoms with E-state index in [9.17, 15) is 9.18 Å². The molecule has 0 spiro atoms. The van der Waals surface area contributed by atoms with Gasteiger partial charge in [0.25, 0.3) is 5.91 Å². The summed E-state index contributed by atoms with van der Waals surface area (Å²) in [6.07, 6.45) is 0. The van der Waals surface area contributed by atoms with Crippen molar-refractivity contribution >= 4 is 40.2 Å². The van der Waals surface area contributed by atoms with Crippen LogP contribution in [0.2, 0.25) is 0 Å². The van der Waals surface area contributed by atoms with Crippen molar-refractivity contribution in [1.82, 2.24) is 0 Å². The molecular weight excluding hydrogens is 329 g/mol. The number of halogens is 2. The van der Waals surface area contributed by atoms with E-state index >= 15 is 0 Å². The first kappa shape index (κ1) is 14.1. The zero-order chi connectivity index (χ0) is 14.0. The van der Waals surface area contributed by atoms with E-state index in [2.05, 4.69) is 33.9 Å². The minimum Gasteiger partial charge on any atom is -0.321 e. The van der Waals surface area contributed by atoms with Crippen LogP contribution in [0.4, 0.5) is 10.1 Å². The molecule has 0 aliphatic heterocycles. The van der Waals surface area contributed by atoms with Crippen LogP contribution in [-0.4, -0.2) is 5.91 Å². The molecule has 0 heterocycles. The van der Waals surface area contributed by atoms with Crippen LogP contribution in [0.5, 0.6) is 0 Å². The van der Waals surface area contributed by atoms with Gasteiger partial charge >= 0.3 is 0 Å². The molecule has 2 nitrogen and oxygen atoms in total. The van der Waals surface area contributed by atoms with Crippen molar-refractivity contribution in [3.05, 3.63) is 57.8 Å². The Bertz CT molecular complexity index is 645. The molecule has 0 atom stereocenters. The summed E-state index contributed by atoms with van der Waals surface area (Å²) in [6, 6.07) is 9.67. The van der Waals surface area contributed by atoms with Crippen LogP contribution in [0.1, 0.15) is 15.9 Å². The fourth-order valence-corrected chi connectivity index (χ4v) is 2.16. The quantitative estimate of drug-likeness (QED) is 0.778. The van der Waals surface area contributed by atoms with E-state index in [0.717, 1.165) is 10.0 Å². The Balaban J connectivity index is 2.30. The summed E-state index contributed by atoms with van der Waals surface area (Å²) in [7, 11) is 0. The SMILES string of the molecule is Cc1ccc(Br)c(NC(=O)c2cc(S)ccc2F)c1. The highest BCUT2D eigenvalue weighted by Crippen LogP contribution is 2.24. The summed E-state index contributed by atoms with van der Waals surface area (Å²) in [4.78, 5) is 12.6. The number of nitrogens with one attached hydrogen (secondary N) is 1. The van der Waals surface area contributed by atoms with E-state index in [1.165, 1.54) is 18.2 Å². The van der Waals surface area contributed by atoms with Crippen molar-refractivity contribution < 1.29 is 9.18 Å². The molecule has 2 aromatic rings. The molecule has 0 radical (unpaired) electrons. The third-order valence-corrected chi connectivity index (χ3v) is 3.53. The number of aryl methyl sites for hydroxylation is 1. The Morgan fingerprint density at radius 2 is 2.00 bits per heavy atom. The molecule has 0 saturated carbocycles. The highest BCUT2D eigenvalue weighted by atomic mass is 79.9. The lowest BCUT2D eigenvalue weighted by atomic mass is 10.1. The molecule has 0 aromatic heterocycles. The summed E-state index contributed by atoms with van der Waals surface area (Å²) >= 11 is 7.44. The maximum Gasteiger partial charge on any atom is 0.258 e. The van der Waals surface area contributed by atoms with E-state index < -0.39 is 11.7 Å². The maximum atomic E-state index is 13.6. The zero-order valence-corrected chi connectivity index (χ0v) is 12.6. The van der Waals surface area contributed by atoms with Crippen LogP contribution in [0.25, 0.3) is 0 Å². The smallest absolute Gasteiger partial charge is 0.258 e. The normalized spacial score (nSPS) is 10.3. The second-order valence-electron chi connectivity index (χ2n) is 4.10. The van der Waals surface area contributed by atoms with Crippen molar-refractivity contribution in [3.63, 3.8) is 0 Å². The van der Waals surface area contributed by atoms with Crippen molar-refractivity contribution in [3.8, 4) is 0 Å². The zero-order valence-electron chi connectivity index (χ0n) is 10.1. The van der Waals surface area contributed by atoms with Crippen LogP contribution in [0.3, 0.4) is 0 Å². The molecule has 1 amide bonds. The molecule has 1 N–H and O–H groups in total. The van der Waals surface area contributed by atoms with Crippen LogP contribution in [0.15, 0.2) is 45.8 Å². The second-order valence-corrected chi connectivity index (χ2v) is 5.47. The summed E-state index contributed by atoms with van der Waals surface area (Å²) < 4.78 is 14.3. The van der Waals surface area contributed by atoms with E-state index in [1.807, 2.05) is 25.1 Å². The topological polar surface area (TPSA) is 29.1 Å². The number of anilines is 1. The average Bonchev–Trinajstić information content (AvgIpc) is 2.36. The van der Waals surface area contributed by atoms with E-state index in [0.29, 0.717) is 10.6 Å². The fourth-order valence-electron chi connectivity index (χ4n) is 1.61. The van der Waals surface area contributed by atoms with Crippen LogP contribution < -0.4 is 5.32 Å². The molecule has 0 fully saturated rings. The van der Waals surface area contributed by atoms with Gasteiger partial charge in [-0.15, -0.1) is 12.6 Å². The molecule has 2 aromatic carbocycles. The van der Waals surface area contributed by atoms with E-state index in [1.54, 1.807) is 0 Å². The predicted octanol–water partition coefficient (Wildman–Crippen LogP) is 4.44. The van der Waals surface area contributed by atoms with Gasteiger partial charge in [-0.3, -0.25) is 4.79 Å². The number of thiol groups is 1. The van der Waals surface area contributed by atoms with Gasteiger partial charge in [-0.1, -0.05) is 6.07 Å². The first-order valence-corrected chi connectivity index (χ1v) is 6.77. The molecule has 5 heteroatoms. The minimum atomic E-state index is -0.570. The van der Waals surface area contributed by atoms with Gasteiger partial charge in [0.05, 0.1) is 11.3 Å². The van der Waals surface area contributed by atoms with Crippen molar-refractivity contribution in [1.29, 1.82) is 0 Å². The van der Waals surface area contributed by atoms with Crippen LogP contribution >= 0.6 is 28.6 Å². The average molecular weight is 340 g/mol. The molecule has 2 rings (SSSR count). The van der Waals surface area contributed by atoms with Crippen LogP contribution in [-0.2, 0) is 0 Å². The largest absolute Gasteiger partial charge is 0.321 e. The van der Waals surface area contributed by atoms with Gasteiger partial charge in [-0.2, -0.15) is 0 Å². The molecule has 0 bridgehead atoms. The van der Waals surface area contributed by atoms with Crippen molar-refractivity contribution in [2.45, 2.75) is 11.8 Å². The van der Waals surface area contributed by atoms with Gasteiger partial charge in [0.15, 0.2) is 0 Å². The summed E-state index contributed by atoms with van der Waals surface area (Å²) in [5.74, 6) is -1.07. The van der Waals surface area contributed by atoms with Gasteiger partial charge in [0.2, 0.25) is 0 Å². The van der Waals surface area contributed by atoms with Gasteiger partial charge in [-0.25, -0.2) is 4.39 Å². The monoisotopic (exact) mass is 339 g/mol. The first-order chi connectivity index (χ1) is 8.97. The number of amides is 1. The van der Waals surface area contributed by atoms with Gasteiger partial charge < -0.3 is 5.32 Å². The van der Waals surface area contributed by atoms with Gasteiger partial charge in [0, 0.05) is 9.37 Å². The van der Waals surface area contributed by atoms with Crippen LogP contribution in [0, 0.1) is 12.7 Å². The van der Waals surface area contributed by atoms with Gasteiger partial charge in [-0.05, 0) is 58.7 Å². The number of rotatable bonds is 2. The lowest BCUT2D eigenvalue weighted by molar-refractivity contribution is 0.102. The van der Waals surface area contributed by atoms with Crippen molar-refractivity contribution in [2.75, 3.05) is 5.32 Å². The molecular formula is C14H11BrFNOS. The highest BCUT2D eigenvalue weighted by molar-refractivity contribution is 9.10. The lowest BCUT2D eigenvalue weighted by Crippen LogP contribution is -2.14. The third kappa shape index (κ3) is 3.36. The molecule has 19 heavy (non-hydrogen) atoms. The van der Waals surface area contributed by atoms with E-state index in [-0.39, 0.29) is 5.56 Å². The minimum absolute atomic E-state index is 0.0269. The lowest BCUT2D eigenvalue weighted by Gasteiger charge is -2.09. The standard InChI is InChI=1S/C14H11BrFNOS/c1-8-2-4-11(15)13(6-8)17-14(18)10-7-9(19)3-5-12(10)16/h2-7,19H,1H3,(H,17,18). The second kappa shape index (κ2) is 5.75. The Morgan fingerprint density at radius 3 is 2.74 bits per heavy atom. The fraction of sp³-hybridized carbons (Fsp3) is 0.0714. The molecule has 0 unspecified atom stereocenters. The number of carbonyl (C=O) groups excluding carboxylic acids is 1. The molecule has 0 aliphatic carbocycles. The molecule has 0 saturated heterocycles. The summed E-state index contributed by atoms with van der Waals surface area (Å²) in [5.41, 5.74) is 1.58. The Kier molecular flexibility index (Phi) is 4.27. The number of carbonyl (C=O) groups is 1. The first-order valence-electron chi connectivity index (χ1n) is 5.53. The Hall–Kier alpha value is -1.33. The maximum absolute atomic E-state index is 13.6. The van der Waals surface area contributed by atoms with Gasteiger partial charge in [0.1, 0.15) is 5.82 Å². The Labute approximate surface area is 124 Å². The summed E-state index contributed by atoms with van der Waals surface area (Å²) in [5, 5.41) is 2.68. The van der Waals surface area contributed by atoms with E-state index in [4.69, 9.17) is 0 Å². The Morgan fingerprint density at radius 1 is 1.26 bits per heavy atom. The number of hydrogen-bond acceptors (Lipinski definition) is 2. The predicted molar refractivity (Wildman–Crippen MR) is 80.5 cm³/mol. The molecule has 0 aliphatic rings. The number of benzene rings is 2. The third-order valence-electron chi connectivity index (χ3n) is 2.56. The number of hydrogen-bond donors (Lipinski definition) is 2. The van der Waals surface area contributed by atoms with Crippen molar-refractivity contribution in [2.24, 2.45) is 0 Å².